The largest absolute Gasteiger partial charge is 0.492 e. The average molecular weight is 273 g/mol. The first kappa shape index (κ1) is 12.7. The molecule has 104 valence electrons. The number of carbonyl (C=O) groups is 1. The molecule has 20 heavy (non-hydrogen) atoms. The minimum atomic E-state index is -0.183. The van der Waals surface area contributed by atoms with Crippen LogP contribution in [0.1, 0.15) is 21.9 Å². The Morgan fingerprint density at radius 1 is 1.15 bits per heavy atom. The molecule has 1 aromatic carbocycles. The molecule has 3 aromatic rings. The van der Waals surface area contributed by atoms with Gasteiger partial charge in [0.1, 0.15) is 17.1 Å². The predicted octanol–water partition coefficient (Wildman–Crippen LogP) is 2.95. The fourth-order valence-corrected chi connectivity index (χ4v) is 2.56. The molecular formula is C15H15NO4. The van der Waals surface area contributed by atoms with Crippen molar-refractivity contribution in [3.63, 3.8) is 0 Å². The summed E-state index contributed by atoms with van der Waals surface area (Å²) in [7, 11) is 1.57. The Labute approximate surface area is 115 Å². The van der Waals surface area contributed by atoms with Crippen LogP contribution in [-0.2, 0) is 0 Å². The van der Waals surface area contributed by atoms with E-state index in [1.807, 2.05) is 19.9 Å². The maximum Gasteiger partial charge on any atom is 0.180 e. The number of Topliss-reactive ketones (excluding diaryl/α,β-unsaturated/α-hetero) is 1. The Kier molecular flexibility index (Phi) is 2.79. The van der Waals surface area contributed by atoms with E-state index < -0.39 is 0 Å². The molecule has 5 nitrogen and oxygen atoms in total. The molecule has 2 heterocycles. The van der Waals surface area contributed by atoms with Crippen molar-refractivity contribution in [3.8, 4) is 5.75 Å². The highest BCUT2D eigenvalue weighted by molar-refractivity contribution is 6.19. The standard InChI is InChI=1S/C15H15NO4/c1-7-4-9-12(11(17)6-16)13-10(5-8(2)19-13)14(18-3)15(9)20-7/h4-5H,6,16H2,1-3H3. The quantitative estimate of drug-likeness (QED) is 0.742. The lowest BCUT2D eigenvalue weighted by Gasteiger charge is -2.06. The summed E-state index contributed by atoms with van der Waals surface area (Å²) in [6.45, 7) is 3.56. The molecule has 0 saturated carbocycles. The number of ketones is 1. The van der Waals surface area contributed by atoms with Gasteiger partial charge in [0.2, 0.25) is 0 Å². The minimum Gasteiger partial charge on any atom is -0.492 e. The molecule has 0 atom stereocenters. The van der Waals surface area contributed by atoms with Crippen molar-refractivity contribution >= 4 is 27.7 Å². The van der Waals surface area contributed by atoms with Crippen LogP contribution in [0.4, 0.5) is 0 Å². The lowest BCUT2D eigenvalue weighted by atomic mass is 10.0. The Hall–Kier alpha value is -2.27. The van der Waals surface area contributed by atoms with Crippen molar-refractivity contribution < 1.29 is 18.4 Å². The van der Waals surface area contributed by atoms with Crippen LogP contribution < -0.4 is 10.5 Å². The summed E-state index contributed by atoms with van der Waals surface area (Å²) in [6, 6.07) is 3.64. The topological polar surface area (TPSA) is 78.6 Å². The van der Waals surface area contributed by atoms with E-state index in [9.17, 15) is 4.79 Å². The van der Waals surface area contributed by atoms with Gasteiger partial charge in [-0.05, 0) is 26.0 Å². The Morgan fingerprint density at radius 2 is 1.75 bits per heavy atom. The molecule has 0 fully saturated rings. The van der Waals surface area contributed by atoms with Crippen LogP contribution in [-0.4, -0.2) is 19.4 Å². The monoisotopic (exact) mass is 273 g/mol. The number of benzene rings is 1. The zero-order valence-electron chi connectivity index (χ0n) is 11.6. The Balaban J connectivity index is 2.57. The van der Waals surface area contributed by atoms with Crippen LogP contribution in [0, 0.1) is 13.8 Å². The van der Waals surface area contributed by atoms with E-state index in [0.29, 0.717) is 39.4 Å². The molecule has 0 aliphatic rings. The third-order valence-corrected chi connectivity index (χ3v) is 3.33. The molecule has 0 bridgehead atoms. The molecule has 5 heteroatoms. The second kappa shape index (κ2) is 4.38. The van der Waals surface area contributed by atoms with Crippen LogP contribution >= 0.6 is 0 Å². The predicted molar refractivity (Wildman–Crippen MR) is 75.4 cm³/mol. The fourth-order valence-electron chi connectivity index (χ4n) is 2.56. The maximum atomic E-state index is 12.2. The van der Waals surface area contributed by atoms with Gasteiger partial charge in [0.25, 0.3) is 0 Å². The van der Waals surface area contributed by atoms with Gasteiger partial charge in [-0.1, -0.05) is 0 Å². The van der Waals surface area contributed by atoms with Gasteiger partial charge in [0.15, 0.2) is 17.1 Å². The molecule has 0 radical (unpaired) electrons. The first-order valence-electron chi connectivity index (χ1n) is 6.30. The first-order valence-corrected chi connectivity index (χ1v) is 6.30. The van der Waals surface area contributed by atoms with Crippen LogP contribution in [0.3, 0.4) is 0 Å². The van der Waals surface area contributed by atoms with Crippen LogP contribution in [0.25, 0.3) is 21.9 Å². The summed E-state index contributed by atoms with van der Waals surface area (Å²) in [5.74, 6) is 1.80. The van der Waals surface area contributed by atoms with Crippen LogP contribution in [0.5, 0.6) is 5.75 Å². The first-order chi connectivity index (χ1) is 9.56. The third-order valence-electron chi connectivity index (χ3n) is 3.33. The molecule has 2 N–H and O–H groups in total. The molecule has 3 rings (SSSR count). The number of aryl methyl sites for hydroxylation is 2. The lowest BCUT2D eigenvalue weighted by Crippen LogP contribution is -2.14. The average Bonchev–Trinajstić information content (AvgIpc) is 2.96. The number of fused-ring (bicyclic) bond motifs is 2. The number of hydrogen-bond donors (Lipinski definition) is 1. The number of furan rings is 2. The summed E-state index contributed by atoms with van der Waals surface area (Å²) >= 11 is 0. The molecule has 0 saturated heterocycles. The smallest absolute Gasteiger partial charge is 0.180 e. The highest BCUT2D eigenvalue weighted by Gasteiger charge is 2.24. The lowest BCUT2D eigenvalue weighted by molar-refractivity contribution is 0.100. The second-order valence-electron chi connectivity index (χ2n) is 4.74. The van der Waals surface area contributed by atoms with E-state index >= 15 is 0 Å². The summed E-state index contributed by atoms with van der Waals surface area (Å²) in [4.78, 5) is 12.2. The highest BCUT2D eigenvalue weighted by atomic mass is 16.5. The normalized spacial score (nSPS) is 11.4. The summed E-state index contributed by atoms with van der Waals surface area (Å²) in [6.07, 6.45) is 0. The van der Waals surface area contributed by atoms with E-state index in [1.165, 1.54) is 0 Å². The fraction of sp³-hybridized carbons (Fsp3) is 0.267. The molecular weight excluding hydrogens is 258 g/mol. The number of methoxy groups -OCH3 is 1. The molecule has 0 unspecified atom stereocenters. The van der Waals surface area contributed by atoms with E-state index in [0.717, 1.165) is 5.39 Å². The molecule has 0 aliphatic carbocycles. The third kappa shape index (κ3) is 1.63. The van der Waals surface area contributed by atoms with Gasteiger partial charge in [0.05, 0.1) is 24.6 Å². The number of rotatable bonds is 3. The van der Waals surface area contributed by atoms with Gasteiger partial charge >= 0.3 is 0 Å². The van der Waals surface area contributed by atoms with Crippen LogP contribution in [0.2, 0.25) is 0 Å². The van der Waals surface area contributed by atoms with E-state index in [4.69, 9.17) is 19.3 Å². The van der Waals surface area contributed by atoms with Crippen molar-refractivity contribution in [1.82, 2.24) is 0 Å². The number of ether oxygens (including phenoxy) is 1. The highest BCUT2D eigenvalue weighted by Crippen LogP contribution is 2.41. The van der Waals surface area contributed by atoms with Gasteiger partial charge in [-0.15, -0.1) is 0 Å². The van der Waals surface area contributed by atoms with Crippen LogP contribution in [0.15, 0.2) is 21.0 Å². The van der Waals surface area contributed by atoms with Crippen molar-refractivity contribution in [3.05, 3.63) is 29.2 Å². The Morgan fingerprint density at radius 3 is 2.35 bits per heavy atom. The molecule has 0 spiro atoms. The SMILES string of the molecule is COc1c2cc(C)oc2c(C(=O)CN)c2cc(C)oc12. The summed E-state index contributed by atoms with van der Waals surface area (Å²) in [5.41, 5.74) is 7.03. The van der Waals surface area contributed by atoms with Gasteiger partial charge in [-0.25, -0.2) is 0 Å². The van der Waals surface area contributed by atoms with Crippen molar-refractivity contribution in [1.29, 1.82) is 0 Å². The van der Waals surface area contributed by atoms with Gasteiger partial charge < -0.3 is 19.3 Å². The summed E-state index contributed by atoms with van der Waals surface area (Å²) in [5, 5.41) is 1.40. The Bertz CT molecular complexity index is 768. The second-order valence-corrected chi connectivity index (χ2v) is 4.74. The number of hydrogen-bond acceptors (Lipinski definition) is 5. The van der Waals surface area contributed by atoms with E-state index in [-0.39, 0.29) is 12.3 Å². The van der Waals surface area contributed by atoms with Crippen molar-refractivity contribution in [2.45, 2.75) is 13.8 Å². The van der Waals surface area contributed by atoms with E-state index in [2.05, 4.69) is 0 Å². The molecule has 0 aliphatic heterocycles. The molecule has 2 aromatic heterocycles. The zero-order chi connectivity index (χ0) is 14.4. The number of carbonyl (C=O) groups excluding carboxylic acids is 1. The number of nitrogens with two attached hydrogens (primary N) is 1. The summed E-state index contributed by atoms with van der Waals surface area (Å²) < 4.78 is 16.8. The zero-order valence-corrected chi connectivity index (χ0v) is 11.6. The van der Waals surface area contributed by atoms with Gasteiger partial charge in [-0.3, -0.25) is 4.79 Å². The maximum absolute atomic E-state index is 12.2. The van der Waals surface area contributed by atoms with Gasteiger partial charge in [0, 0.05) is 5.39 Å². The van der Waals surface area contributed by atoms with Gasteiger partial charge in [-0.2, -0.15) is 0 Å². The van der Waals surface area contributed by atoms with E-state index in [1.54, 1.807) is 13.2 Å². The molecule has 0 amide bonds. The van der Waals surface area contributed by atoms with Crippen molar-refractivity contribution in [2.75, 3.05) is 13.7 Å². The minimum absolute atomic E-state index is 0.0828. The van der Waals surface area contributed by atoms with Crippen molar-refractivity contribution in [2.24, 2.45) is 5.73 Å².